The summed E-state index contributed by atoms with van der Waals surface area (Å²) >= 11 is 0. The Morgan fingerprint density at radius 1 is 1.05 bits per heavy atom. The van der Waals surface area contributed by atoms with E-state index >= 15 is 0 Å². The maximum Gasteiger partial charge on any atom is 0.331 e. The van der Waals surface area contributed by atoms with Gasteiger partial charge in [0.1, 0.15) is 18.6 Å². The zero-order chi connectivity index (χ0) is 30.1. The van der Waals surface area contributed by atoms with Gasteiger partial charge in [0.05, 0.1) is 12.6 Å². The third-order valence-electron chi connectivity index (χ3n) is 9.24. The van der Waals surface area contributed by atoms with Crippen molar-refractivity contribution >= 4 is 35.5 Å². The molecule has 14 heteroatoms. The number of benzene rings is 2. The Morgan fingerprint density at radius 3 is 2.60 bits per heavy atom. The number of nitrogens with zero attached hydrogens (tertiary/aromatic N) is 5. The Hall–Kier alpha value is -4.69. The van der Waals surface area contributed by atoms with Crippen LogP contribution >= 0.6 is 0 Å². The number of nitrogens with two attached hydrogens (primary N) is 2. The predicted molar refractivity (Wildman–Crippen MR) is 156 cm³/mol. The van der Waals surface area contributed by atoms with Crippen LogP contribution in [0.1, 0.15) is 34.3 Å². The van der Waals surface area contributed by atoms with Crippen LogP contribution in [-0.4, -0.2) is 99.0 Å². The maximum atomic E-state index is 13.5. The summed E-state index contributed by atoms with van der Waals surface area (Å²) < 4.78 is 0. The van der Waals surface area contributed by atoms with Crippen molar-refractivity contribution in [2.24, 2.45) is 21.5 Å². The van der Waals surface area contributed by atoms with Crippen molar-refractivity contribution in [3.8, 4) is 0 Å². The minimum atomic E-state index is -2.64. The van der Waals surface area contributed by atoms with Crippen LogP contribution in [0, 0.1) is 0 Å². The number of rotatable bonds is 5. The molecule has 4 amide bonds. The first-order chi connectivity index (χ1) is 20.6. The number of aliphatic hydroxyl groups is 2. The molecule has 1 aliphatic carbocycles. The van der Waals surface area contributed by atoms with Crippen LogP contribution < -0.4 is 27.0 Å². The fourth-order valence-electron chi connectivity index (χ4n) is 7.18. The van der Waals surface area contributed by atoms with Crippen LogP contribution in [0.5, 0.6) is 0 Å². The fraction of sp³-hybridized carbons (Fsp3) is 0.414. The Balaban J connectivity index is 1.17. The van der Waals surface area contributed by atoms with Gasteiger partial charge < -0.3 is 37.2 Å². The number of carbonyl (C=O) groups excluding carboxylic acids is 3. The van der Waals surface area contributed by atoms with Crippen molar-refractivity contribution in [1.29, 1.82) is 0 Å². The number of guanidine groups is 2. The molecular formula is C29H33N9O5. The molecule has 2 aromatic rings. The van der Waals surface area contributed by atoms with Gasteiger partial charge in [0.25, 0.3) is 11.8 Å². The highest BCUT2D eigenvalue weighted by Gasteiger charge is 2.73. The molecule has 7 rings (SSSR count). The van der Waals surface area contributed by atoms with E-state index in [1.54, 1.807) is 30.3 Å². The first kappa shape index (κ1) is 27.2. The van der Waals surface area contributed by atoms with Gasteiger partial charge in [0, 0.05) is 17.8 Å². The van der Waals surface area contributed by atoms with Gasteiger partial charge in [-0.05, 0) is 55.0 Å². The number of fused-ring (bicyclic) bond motifs is 1. The number of aliphatic imine (C=N–C) groups is 2. The number of anilines is 1. The quantitative estimate of drug-likeness (QED) is 0.184. The molecule has 0 saturated carbocycles. The van der Waals surface area contributed by atoms with Crippen LogP contribution in [0.4, 0.5) is 10.5 Å². The van der Waals surface area contributed by atoms with Crippen molar-refractivity contribution < 1.29 is 24.6 Å². The maximum absolute atomic E-state index is 13.5. The van der Waals surface area contributed by atoms with E-state index in [-0.39, 0.29) is 31.6 Å². The summed E-state index contributed by atoms with van der Waals surface area (Å²) in [6.07, 6.45) is 3.70. The zero-order valence-electron chi connectivity index (χ0n) is 23.3. The van der Waals surface area contributed by atoms with Crippen LogP contribution in [0.2, 0.25) is 0 Å². The van der Waals surface area contributed by atoms with Crippen molar-refractivity contribution in [3.05, 3.63) is 65.2 Å². The van der Waals surface area contributed by atoms with Crippen LogP contribution in [-0.2, 0) is 17.6 Å². The second-order valence-corrected chi connectivity index (χ2v) is 11.6. The van der Waals surface area contributed by atoms with Crippen molar-refractivity contribution in [1.82, 2.24) is 20.4 Å². The van der Waals surface area contributed by atoms with Crippen molar-refractivity contribution in [3.63, 3.8) is 0 Å². The monoisotopic (exact) mass is 587 g/mol. The summed E-state index contributed by atoms with van der Waals surface area (Å²) in [7, 11) is 0. The summed E-state index contributed by atoms with van der Waals surface area (Å²) in [4.78, 5) is 52.7. The van der Waals surface area contributed by atoms with Crippen molar-refractivity contribution in [2.75, 3.05) is 24.5 Å². The molecule has 5 aliphatic rings. The van der Waals surface area contributed by atoms with Crippen LogP contribution in [0.25, 0.3) is 0 Å². The molecule has 14 nitrogen and oxygen atoms in total. The Bertz CT molecular complexity index is 1580. The third-order valence-corrected chi connectivity index (χ3v) is 9.24. The van der Waals surface area contributed by atoms with E-state index in [1.807, 2.05) is 18.2 Å². The van der Waals surface area contributed by atoms with Gasteiger partial charge in [-0.2, -0.15) is 0 Å². The van der Waals surface area contributed by atoms with E-state index in [9.17, 15) is 24.6 Å². The number of amides is 4. The summed E-state index contributed by atoms with van der Waals surface area (Å²) in [6, 6.07) is 10.6. The molecule has 224 valence electrons. The van der Waals surface area contributed by atoms with Crippen LogP contribution in [0.15, 0.2) is 58.5 Å². The molecule has 2 fully saturated rings. The van der Waals surface area contributed by atoms with E-state index in [0.29, 0.717) is 11.3 Å². The van der Waals surface area contributed by atoms with E-state index in [2.05, 4.69) is 20.6 Å². The second kappa shape index (κ2) is 9.67. The highest BCUT2D eigenvalue weighted by atomic mass is 16.5. The number of para-hydroxylation sites is 1. The summed E-state index contributed by atoms with van der Waals surface area (Å²) in [6.45, 7) is -0.475. The highest BCUT2D eigenvalue weighted by molar-refractivity contribution is 6.12. The molecule has 43 heavy (non-hydrogen) atoms. The number of hydrogen-bond donors (Lipinski definition) is 6. The average molecular weight is 588 g/mol. The minimum Gasteiger partial charge on any atom is -0.370 e. The molecule has 4 atom stereocenters. The van der Waals surface area contributed by atoms with Gasteiger partial charge in [0.15, 0.2) is 17.6 Å². The molecule has 0 radical (unpaired) electrons. The number of nitrogens with one attached hydrogen (secondary N) is 2. The average Bonchev–Trinajstić information content (AvgIpc) is 3.58. The van der Waals surface area contributed by atoms with Crippen LogP contribution in [0.3, 0.4) is 0 Å². The number of urea groups is 1. The van der Waals surface area contributed by atoms with Gasteiger partial charge in [-0.1, -0.05) is 30.3 Å². The Labute approximate surface area is 247 Å². The number of imide groups is 1. The molecule has 2 aromatic carbocycles. The Morgan fingerprint density at radius 2 is 1.81 bits per heavy atom. The first-order valence-corrected chi connectivity index (χ1v) is 14.4. The molecule has 0 unspecified atom stereocenters. The molecule has 2 saturated heterocycles. The lowest BCUT2D eigenvalue weighted by molar-refractivity contribution is -0.230. The third kappa shape index (κ3) is 3.97. The zero-order valence-corrected chi connectivity index (χ0v) is 23.3. The van der Waals surface area contributed by atoms with Gasteiger partial charge >= 0.3 is 6.03 Å². The van der Waals surface area contributed by atoms with Gasteiger partial charge in [-0.25, -0.2) is 14.8 Å². The molecule has 4 aliphatic heterocycles. The largest absolute Gasteiger partial charge is 0.370 e. The first-order valence-electron chi connectivity index (χ1n) is 14.4. The van der Waals surface area contributed by atoms with Crippen molar-refractivity contribution in [2.45, 2.75) is 55.3 Å². The van der Waals surface area contributed by atoms with Gasteiger partial charge in [-0.15, -0.1) is 0 Å². The second-order valence-electron chi connectivity index (χ2n) is 11.6. The minimum absolute atomic E-state index is 0.0704. The molecule has 0 bridgehead atoms. The lowest BCUT2D eigenvalue weighted by Crippen LogP contribution is -2.78. The number of hydrogen-bond acceptors (Lipinski definition) is 11. The normalized spacial score (nSPS) is 29.0. The van der Waals surface area contributed by atoms with E-state index in [0.717, 1.165) is 41.7 Å². The molecular weight excluding hydrogens is 554 g/mol. The molecule has 8 N–H and O–H groups in total. The Kier molecular flexibility index (Phi) is 6.11. The topological polar surface area (TPSA) is 202 Å². The van der Waals surface area contributed by atoms with Gasteiger partial charge in [-0.3, -0.25) is 19.4 Å². The highest BCUT2D eigenvalue weighted by Crippen LogP contribution is 2.45. The lowest BCUT2D eigenvalue weighted by Gasteiger charge is -2.49. The fourth-order valence-corrected chi connectivity index (χ4v) is 7.18. The SMILES string of the molecule is NC1=N[C@H]2[C@H](CN3C(=O)CN(c4ccccc4)C3=O)N=C(N)N3C[C@H](NC(=O)c4cccc5c4CCCC5)C(O)(O)[C@]23N1. The smallest absolute Gasteiger partial charge is 0.331 e. The van der Waals surface area contributed by atoms with E-state index in [4.69, 9.17) is 11.5 Å². The molecule has 0 aromatic heterocycles. The van der Waals surface area contributed by atoms with E-state index < -0.39 is 47.4 Å². The summed E-state index contributed by atoms with van der Waals surface area (Å²) in [5.41, 5.74) is 13.8. The molecule has 1 spiro atoms. The predicted octanol–water partition coefficient (Wildman–Crippen LogP) is -1.19. The number of aryl methyl sites for hydroxylation is 1. The lowest BCUT2D eigenvalue weighted by atomic mass is 9.84. The summed E-state index contributed by atoms with van der Waals surface area (Å²) in [5, 5.41) is 29.3. The number of carbonyl (C=O) groups is 3. The molecule has 4 heterocycles. The summed E-state index contributed by atoms with van der Waals surface area (Å²) in [5.74, 6) is -3.67. The standard InChI is InChI=1S/C29H33N9O5/c30-25-34-23-20(13-37-22(39)15-36(27(37)41)17-9-2-1-3-10-17)32-26(31)38-14-21(29(42,43)28(23,38)35-25)33-24(40)19-12-6-8-16-7-4-5-11-18(16)19/h1-3,6,8-10,12,20-21,23,42-43H,4-5,7,11,13-15H2,(H2,31,32)(H,33,40)(H3,30,34,35)/t20-,21-,23-,28-/m0/s1. The van der Waals surface area contributed by atoms with E-state index in [1.165, 1.54) is 9.80 Å². The van der Waals surface area contributed by atoms with Gasteiger partial charge in [0.2, 0.25) is 5.79 Å².